The third-order valence-electron chi connectivity index (χ3n) is 2.43. The second-order valence-corrected chi connectivity index (χ2v) is 4.60. The van der Waals surface area contributed by atoms with Crippen LogP contribution in [0.2, 0.25) is 5.02 Å². The van der Waals surface area contributed by atoms with Crippen LogP contribution in [0.3, 0.4) is 0 Å². The van der Waals surface area contributed by atoms with Crippen molar-refractivity contribution in [3.05, 3.63) is 17.2 Å². The molecular weight excluding hydrogens is 277 g/mol. The van der Waals surface area contributed by atoms with Gasteiger partial charge < -0.3 is 14.8 Å². The molecule has 1 aromatic rings. The van der Waals surface area contributed by atoms with Gasteiger partial charge in [-0.25, -0.2) is 0 Å². The van der Waals surface area contributed by atoms with Crippen LogP contribution in [0.1, 0.15) is 12.8 Å². The van der Waals surface area contributed by atoms with Gasteiger partial charge in [-0.3, -0.25) is 4.79 Å². The van der Waals surface area contributed by atoms with Gasteiger partial charge in [0.1, 0.15) is 0 Å². The Kier molecular flexibility index (Phi) is 4.55. The van der Waals surface area contributed by atoms with E-state index >= 15 is 0 Å². The monoisotopic (exact) mass is 289 g/mol. The number of alkyl halides is 1. The van der Waals surface area contributed by atoms with E-state index < -0.39 is 0 Å². The number of halogens is 2. The van der Waals surface area contributed by atoms with Gasteiger partial charge in [0.2, 0.25) is 5.91 Å². The van der Waals surface area contributed by atoms with Crippen LogP contribution in [-0.2, 0) is 4.79 Å². The third kappa shape index (κ3) is 3.21. The first kappa shape index (κ1) is 13.3. The minimum Gasteiger partial charge on any atom is -0.490 e. The zero-order valence-electron chi connectivity index (χ0n) is 9.67. The number of amides is 1. The van der Waals surface area contributed by atoms with Crippen molar-refractivity contribution < 1.29 is 14.3 Å². The van der Waals surface area contributed by atoms with Crippen molar-refractivity contribution >= 4 is 34.8 Å². The fourth-order valence-electron chi connectivity index (χ4n) is 1.58. The Hall–Kier alpha value is -1.13. The van der Waals surface area contributed by atoms with Crippen molar-refractivity contribution in [1.82, 2.24) is 0 Å². The van der Waals surface area contributed by atoms with Gasteiger partial charge in [-0.1, -0.05) is 11.6 Å². The summed E-state index contributed by atoms with van der Waals surface area (Å²) < 4.78 is 11.0. The van der Waals surface area contributed by atoms with Gasteiger partial charge in [0, 0.05) is 30.9 Å². The molecule has 1 aliphatic rings. The molecule has 0 fully saturated rings. The second kappa shape index (κ2) is 6.16. The topological polar surface area (TPSA) is 47.6 Å². The van der Waals surface area contributed by atoms with E-state index in [1.165, 1.54) is 0 Å². The number of hydrogen-bond donors (Lipinski definition) is 1. The van der Waals surface area contributed by atoms with Crippen LogP contribution in [0.5, 0.6) is 11.5 Å². The van der Waals surface area contributed by atoms with Crippen molar-refractivity contribution in [2.24, 2.45) is 0 Å². The van der Waals surface area contributed by atoms with Crippen molar-refractivity contribution in [1.29, 1.82) is 0 Å². The number of carbonyl (C=O) groups is 1. The second-order valence-electron chi connectivity index (χ2n) is 3.82. The molecular formula is C12H13Cl2NO3. The Bertz CT molecular complexity index is 451. The molecule has 1 aromatic carbocycles. The predicted molar refractivity (Wildman–Crippen MR) is 71.0 cm³/mol. The van der Waals surface area contributed by atoms with Gasteiger partial charge in [-0.2, -0.15) is 0 Å². The highest BCUT2D eigenvalue weighted by Gasteiger charge is 2.15. The fraction of sp³-hybridized carbons (Fsp3) is 0.417. The molecule has 0 aliphatic carbocycles. The highest BCUT2D eigenvalue weighted by Crippen LogP contribution is 2.37. The van der Waals surface area contributed by atoms with E-state index in [9.17, 15) is 4.79 Å². The summed E-state index contributed by atoms with van der Waals surface area (Å²) in [6.07, 6.45) is 1.06. The lowest BCUT2D eigenvalue weighted by Crippen LogP contribution is -2.12. The van der Waals surface area contributed by atoms with Crippen LogP contribution < -0.4 is 14.8 Å². The van der Waals surface area contributed by atoms with E-state index in [4.69, 9.17) is 32.7 Å². The molecule has 6 heteroatoms. The third-order valence-corrected chi connectivity index (χ3v) is 2.93. The van der Waals surface area contributed by atoms with E-state index in [0.717, 1.165) is 6.42 Å². The van der Waals surface area contributed by atoms with Crippen LogP contribution in [-0.4, -0.2) is 25.0 Å². The van der Waals surface area contributed by atoms with Crippen LogP contribution >= 0.6 is 23.2 Å². The molecule has 1 N–H and O–H groups in total. The summed E-state index contributed by atoms with van der Waals surface area (Å²) in [4.78, 5) is 11.5. The smallest absolute Gasteiger partial charge is 0.225 e. The highest BCUT2D eigenvalue weighted by atomic mass is 35.5. The Balaban J connectivity index is 2.21. The largest absolute Gasteiger partial charge is 0.490 e. The van der Waals surface area contributed by atoms with E-state index in [-0.39, 0.29) is 18.2 Å². The molecule has 2 rings (SSSR count). The number of nitrogens with one attached hydrogen (secondary N) is 1. The lowest BCUT2D eigenvalue weighted by molar-refractivity contribution is -0.115. The average molecular weight is 290 g/mol. The van der Waals surface area contributed by atoms with Gasteiger partial charge in [0.05, 0.1) is 23.9 Å². The van der Waals surface area contributed by atoms with Crippen molar-refractivity contribution in [3.63, 3.8) is 0 Å². The predicted octanol–water partition coefficient (Wildman–Crippen LogP) is 3.07. The summed E-state index contributed by atoms with van der Waals surface area (Å²) in [5, 5.41) is 3.11. The Morgan fingerprint density at radius 3 is 2.61 bits per heavy atom. The fourth-order valence-corrected chi connectivity index (χ4v) is 1.95. The number of rotatable bonds is 3. The Labute approximate surface area is 115 Å². The first-order valence-corrected chi connectivity index (χ1v) is 6.57. The molecule has 4 nitrogen and oxygen atoms in total. The maximum absolute atomic E-state index is 11.5. The van der Waals surface area contributed by atoms with E-state index in [1.54, 1.807) is 12.1 Å². The van der Waals surface area contributed by atoms with Crippen molar-refractivity contribution in [2.75, 3.05) is 24.4 Å². The first-order chi connectivity index (χ1) is 8.70. The lowest BCUT2D eigenvalue weighted by atomic mass is 10.2. The maximum Gasteiger partial charge on any atom is 0.225 e. The summed E-state index contributed by atoms with van der Waals surface area (Å²) in [5.74, 6) is 1.29. The lowest BCUT2D eigenvalue weighted by Gasteiger charge is -2.12. The zero-order valence-corrected chi connectivity index (χ0v) is 11.2. The molecule has 0 spiro atoms. The molecule has 0 aromatic heterocycles. The maximum atomic E-state index is 11.5. The van der Waals surface area contributed by atoms with Crippen molar-refractivity contribution in [3.8, 4) is 11.5 Å². The minimum atomic E-state index is -0.179. The molecule has 0 radical (unpaired) electrons. The molecule has 0 bridgehead atoms. The van der Waals surface area contributed by atoms with Crippen LogP contribution in [0.25, 0.3) is 0 Å². The molecule has 0 saturated carbocycles. The summed E-state index contributed by atoms with van der Waals surface area (Å²) in [6, 6.07) is 3.33. The molecule has 1 heterocycles. The van der Waals surface area contributed by atoms with Crippen LogP contribution in [0, 0.1) is 0 Å². The van der Waals surface area contributed by atoms with Crippen molar-refractivity contribution in [2.45, 2.75) is 12.8 Å². The molecule has 0 atom stereocenters. The van der Waals surface area contributed by atoms with E-state index in [2.05, 4.69) is 5.32 Å². The number of hydrogen-bond acceptors (Lipinski definition) is 3. The van der Waals surface area contributed by atoms with Gasteiger partial charge in [-0.15, -0.1) is 11.6 Å². The van der Waals surface area contributed by atoms with Gasteiger partial charge in [0.25, 0.3) is 0 Å². The normalized spacial score (nSPS) is 13.9. The molecule has 18 heavy (non-hydrogen) atoms. The number of anilines is 1. The Morgan fingerprint density at radius 2 is 1.94 bits per heavy atom. The Morgan fingerprint density at radius 1 is 1.28 bits per heavy atom. The van der Waals surface area contributed by atoms with E-state index in [0.29, 0.717) is 35.4 Å². The zero-order chi connectivity index (χ0) is 13.0. The molecule has 98 valence electrons. The summed E-state index contributed by atoms with van der Waals surface area (Å²) in [6.45, 7) is 1.19. The highest BCUT2D eigenvalue weighted by molar-refractivity contribution is 6.34. The van der Waals surface area contributed by atoms with Gasteiger partial charge >= 0.3 is 0 Å². The van der Waals surface area contributed by atoms with Gasteiger partial charge in [0.15, 0.2) is 11.5 Å². The number of benzene rings is 1. The molecule has 0 unspecified atom stereocenters. The number of carbonyl (C=O) groups excluding carboxylic acids is 1. The summed E-state index contributed by atoms with van der Waals surface area (Å²) >= 11 is 11.6. The molecule has 1 aliphatic heterocycles. The minimum absolute atomic E-state index is 0.179. The molecule has 1 amide bonds. The number of ether oxygens (including phenoxy) is 2. The van der Waals surface area contributed by atoms with Gasteiger partial charge in [-0.05, 0) is 0 Å². The quantitative estimate of drug-likeness (QED) is 0.870. The van der Waals surface area contributed by atoms with E-state index in [1.807, 2.05) is 0 Å². The van der Waals surface area contributed by atoms with Crippen LogP contribution in [0.15, 0.2) is 12.1 Å². The standard InChI is InChI=1S/C12H13Cl2NO3/c13-3-2-12(16)15-9-7-11-10(6-8(9)14)17-4-1-5-18-11/h6-7H,1-5H2,(H,15,16). The SMILES string of the molecule is O=C(CCCl)Nc1cc2c(cc1Cl)OCCCO2. The first-order valence-electron chi connectivity index (χ1n) is 5.65. The molecule has 0 saturated heterocycles. The summed E-state index contributed by atoms with van der Waals surface area (Å²) in [7, 11) is 0. The number of fused-ring (bicyclic) bond motifs is 1. The van der Waals surface area contributed by atoms with Crippen LogP contribution in [0.4, 0.5) is 5.69 Å². The summed E-state index contributed by atoms with van der Waals surface area (Å²) in [5.41, 5.74) is 0.510. The average Bonchev–Trinajstić information content (AvgIpc) is 2.55.